The molecule has 0 spiro atoms. The van der Waals surface area contributed by atoms with Crippen molar-refractivity contribution < 1.29 is 14.3 Å². The second-order valence-electron chi connectivity index (χ2n) is 7.14. The molecular weight excluding hydrogens is 363 g/mol. The lowest BCUT2D eigenvalue weighted by Gasteiger charge is -2.36. The van der Waals surface area contributed by atoms with Crippen LogP contribution in [-0.4, -0.2) is 53.9 Å². The number of carboxylic acid groups (broad SMARTS) is 1. The van der Waals surface area contributed by atoms with Crippen molar-refractivity contribution in [1.82, 2.24) is 19.4 Å². The van der Waals surface area contributed by atoms with Crippen molar-refractivity contribution in [1.29, 1.82) is 0 Å². The molecule has 1 aromatic carbocycles. The van der Waals surface area contributed by atoms with Gasteiger partial charge in [-0.3, -0.25) is 9.28 Å². The zero-order chi connectivity index (χ0) is 19.9. The Bertz CT molecular complexity index is 1120. The fourth-order valence-electron chi connectivity index (χ4n) is 3.63. The van der Waals surface area contributed by atoms with Crippen LogP contribution in [0.3, 0.4) is 0 Å². The van der Waals surface area contributed by atoms with Gasteiger partial charge in [0.25, 0.3) is 5.82 Å². The summed E-state index contributed by atoms with van der Waals surface area (Å²) in [5.41, 5.74) is -0.276. The van der Waals surface area contributed by atoms with E-state index in [0.717, 1.165) is 19.2 Å². The number of nitrogens with one attached hydrogen (secondary N) is 1. The molecule has 28 heavy (non-hydrogen) atoms. The fraction of sp³-hybridized carbons (Fsp3) is 0.250. The molecule has 3 aromatic rings. The molecule has 2 N–H and O–H groups in total. The number of carbonyl (C=O) groups is 1. The molecule has 1 aliphatic heterocycles. The van der Waals surface area contributed by atoms with Crippen molar-refractivity contribution in [3.63, 3.8) is 0 Å². The molecule has 0 atom stereocenters. The lowest BCUT2D eigenvalue weighted by molar-refractivity contribution is 0.0695. The summed E-state index contributed by atoms with van der Waals surface area (Å²) in [5, 5.41) is 12.6. The van der Waals surface area contributed by atoms with Gasteiger partial charge in [0.05, 0.1) is 25.5 Å². The summed E-state index contributed by atoms with van der Waals surface area (Å²) in [7, 11) is 1.91. The summed E-state index contributed by atoms with van der Waals surface area (Å²) in [5.74, 6) is -1.71. The van der Waals surface area contributed by atoms with Gasteiger partial charge in [-0.05, 0) is 18.2 Å². The number of fused-ring (bicyclic) bond motifs is 1. The van der Waals surface area contributed by atoms with Crippen LogP contribution in [0.1, 0.15) is 10.4 Å². The van der Waals surface area contributed by atoms with E-state index in [1.165, 1.54) is 10.8 Å². The van der Waals surface area contributed by atoms with E-state index in [0.29, 0.717) is 23.3 Å². The number of aromatic carboxylic acids is 1. The molecule has 8 heteroatoms. The maximum atomic E-state index is 15.0. The Balaban J connectivity index is 2.06. The number of benzene rings is 1. The SMILES string of the molecule is C[N+]1(c2nc3c(cc2F)c(=O)c(C(=O)O)cn3-c2ccccc2)CCNCC1. The van der Waals surface area contributed by atoms with Crippen LogP contribution in [0.25, 0.3) is 16.7 Å². The average Bonchev–Trinajstić information content (AvgIpc) is 2.69. The van der Waals surface area contributed by atoms with Crippen LogP contribution in [0.15, 0.2) is 47.4 Å². The Hall–Kier alpha value is -3.10. The number of hydrogen-bond acceptors (Lipinski definition) is 4. The van der Waals surface area contributed by atoms with E-state index in [4.69, 9.17) is 0 Å². The molecule has 0 amide bonds. The molecular formula is C20H20FN4O3+. The largest absolute Gasteiger partial charge is 0.477 e. The number of carboxylic acids is 1. The van der Waals surface area contributed by atoms with Crippen LogP contribution in [0, 0.1) is 5.82 Å². The predicted octanol–water partition coefficient (Wildman–Crippen LogP) is 1.76. The summed E-state index contributed by atoms with van der Waals surface area (Å²) >= 11 is 0. The molecule has 0 aliphatic carbocycles. The molecule has 2 aromatic heterocycles. The van der Waals surface area contributed by atoms with Crippen molar-refractivity contribution in [2.75, 3.05) is 33.2 Å². The molecule has 1 fully saturated rings. The van der Waals surface area contributed by atoms with E-state index < -0.39 is 22.8 Å². The van der Waals surface area contributed by atoms with Gasteiger partial charge in [-0.2, -0.15) is 9.37 Å². The van der Waals surface area contributed by atoms with Gasteiger partial charge in [-0.15, -0.1) is 0 Å². The van der Waals surface area contributed by atoms with Gasteiger partial charge < -0.3 is 15.0 Å². The summed E-state index contributed by atoms with van der Waals surface area (Å²) in [6.45, 7) is 2.80. The number of piperazine rings is 1. The summed E-state index contributed by atoms with van der Waals surface area (Å²) in [4.78, 5) is 28.8. The molecule has 1 saturated heterocycles. The Labute approximate surface area is 160 Å². The van der Waals surface area contributed by atoms with Gasteiger partial charge >= 0.3 is 5.97 Å². The van der Waals surface area contributed by atoms with Gasteiger partial charge in [-0.25, -0.2) is 4.79 Å². The monoisotopic (exact) mass is 383 g/mol. The Morgan fingerprint density at radius 2 is 1.93 bits per heavy atom. The van der Waals surface area contributed by atoms with E-state index >= 15 is 4.39 Å². The van der Waals surface area contributed by atoms with Gasteiger partial charge in [0.2, 0.25) is 11.2 Å². The van der Waals surface area contributed by atoms with Crippen LogP contribution in [0.4, 0.5) is 10.2 Å². The standard InChI is InChI=1S/C20H19FN4O3/c1-25(9-7-22-8-10-25)19-16(21)11-14-17(26)15(20(27)28)12-24(18(14)23-19)13-5-3-2-4-6-13/h2-6,11-12,22H,7-10H2,1H3/p+1. The number of aromatic nitrogens is 2. The molecule has 1 aliphatic rings. The fourth-order valence-corrected chi connectivity index (χ4v) is 3.63. The summed E-state index contributed by atoms with van der Waals surface area (Å²) in [6.07, 6.45) is 1.26. The highest BCUT2D eigenvalue weighted by atomic mass is 19.1. The van der Waals surface area contributed by atoms with Gasteiger partial charge in [0, 0.05) is 25.0 Å². The van der Waals surface area contributed by atoms with Gasteiger partial charge in [-0.1, -0.05) is 18.2 Å². The predicted molar refractivity (Wildman–Crippen MR) is 105 cm³/mol. The van der Waals surface area contributed by atoms with Crippen LogP contribution < -0.4 is 15.2 Å². The van der Waals surface area contributed by atoms with Crippen molar-refractivity contribution >= 4 is 22.8 Å². The molecule has 0 bridgehead atoms. The number of quaternary nitrogens is 1. The summed E-state index contributed by atoms with van der Waals surface area (Å²) in [6, 6.07) is 10.1. The third-order valence-corrected chi connectivity index (χ3v) is 5.25. The number of pyridine rings is 2. The number of nitrogens with zero attached hydrogens (tertiary/aromatic N) is 3. The van der Waals surface area contributed by atoms with Crippen LogP contribution in [0.5, 0.6) is 0 Å². The first-order valence-electron chi connectivity index (χ1n) is 9.01. The Morgan fingerprint density at radius 1 is 1.25 bits per heavy atom. The smallest absolute Gasteiger partial charge is 0.341 e. The van der Waals surface area contributed by atoms with Gasteiger partial charge in [0.1, 0.15) is 5.56 Å². The minimum Gasteiger partial charge on any atom is -0.477 e. The molecule has 4 rings (SSSR count). The molecule has 7 nitrogen and oxygen atoms in total. The average molecular weight is 383 g/mol. The minimum absolute atomic E-state index is 0.0493. The molecule has 3 heterocycles. The van der Waals surface area contributed by atoms with Crippen LogP contribution in [0.2, 0.25) is 0 Å². The highest BCUT2D eigenvalue weighted by Gasteiger charge is 2.33. The lowest BCUT2D eigenvalue weighted by atomic mass is 10.1. The molecule has 0 saturated carbocycles. The highest BCUT2D eigenvalue weighted by Crippen LogP contribution is 2.27. The molecule has 144 valence electrons. The first-order valence-corrected chi connectivity index (χ1v) is 9.01. The Kier molecular flexibility index (Phi) is 4.44. The van der Waals surface area contributed by atoms with Crippen molar-refractivity contribution in [3.05, 3.63) is 64.2 Å². The zero-order valence-corrected chi connectivity index (χ0v) is 15.4. The van der Waals surface area contributed by atoms with E-state index in [1.807, 2.05) is 13.1 Å². The van der Waals surface area contributed by atoms with Crippen molar-refractivity contribution in [3.8, 4) is 5.69 Å². The first-order chi connectivity index (χ1) is 13.4. The highest BCUT2D eigenvalue weighted by molar-refractivity contribution is 5.92. The zero-order valence-electron chi connectivity index (χ0n) is 15.4. The van der Waals surface area contributed by atoms with Gasteiger partial charge in [0.15, 0.2) is 5.65 Å². The number of likely N-dealkylation sites (N-methyl/N-ethyl adjacent to an activating group) is 1. The topological polar surface area (TPSA) is 84.2 Å². The van der Waals surface area contributed by atoms with E-state index in [9.17, 15) is 14.7 Å². The second kappa shape index (κ2) is 6.81. The number of halogens is 1. The number of hydrogen-bond donors (Lipinski definition) is 2. The number of para-hydroxylation sites is 1. The van der Waals surface area contributed by atoms with E-state index in [2.05, 4.69) is 10.3 Å². The Morgan fingerprint density at radius 3 is 2.57 bits per heavy atom. The maximum absolute atomic E-state index is 15.0. The third-order valence-electron chi connectivity index (χ3n) is 5.25. The normalized spacial score (nSPS) is 16.2. The van der Waals surface area contributed by atoms with Crippen LogP contribution >= 0.6 is 0 Å². The molecule has 0 unspecified atom stereocenters. The lowest BCUT2D eigenvalue weighted by Crippen LogP contribution is -2.57. The maximum Gasteiger partial charge on any atom is 0.341 e. The van der Waals surface area contributed by atoms with E-state index in [1.54, 1.807) is 24.3 Å². The second-order valence-corrected chi connectivity index (χ2v) is 7.14. The van der Waals surface area contributed by atoms with Crippen LogP contribution in [-0.2, 0) is 0 Å². The quantitative estimate of drug-likeness (QED) is 0.674. The molecule has 0 radical (unpaired) electrons. The van der Waals surface area contributed by atoms with Crippen molar-refractivity contribution in [2.45, 2.75) is 0 Å². The summed E-state index contributed by atoms with van der Waals surface area (Å²) < 4.78 is 16.8. The van der Waals surface area contributed by atoms with E-state index in [-0.39, 0.29) is 16.9 Å². The van der Waals surface area contributed by atoms with Crippen molar-refractivity contribution in [2.24, 2.45) is 0 Å². The third kappa shape index (κ3) is 2.96. The minimum atomic E-state index is -1.36. The first kappa shape index (κ1) is 18.3. The number of rotatable bonds is 3.